The fourth-order valence-electron chi connectivity index (χ4n) is 3.79. The van der Waals surface area contributed by atoms with E-state index in [1.807, 2.05) is 48.5 Å². The Morgan fingerprint density at radius 1 is 1.00 bits per heavy atom. The van der Waals surface area contributed by atoms with Crippen LogP contribution in [0.1, 0.15) is 24.1 Å². The van der Waals surface area contributed by atoms with Crippen molar-refractivity contribution < 1.29 is 14.9 Å². The van der Waals surface area contributed by atoms with Crippen molar-refractivity contribution in [2.24, 2.45) is 0 Å². The predicted octanol–water partition coefficient (Wildman–Crippen LogP) is 3.24. The Morgan fingerprint density at radius 3 is 1.84 bits per heavy atom. The molecule has 31 heavy (non-hydrogen) atoms. The lowest BCUT2D eigenvalue weighted by Crippen LogP contribution is -2.58. The van der Waals surface area contributed by atoms with Crippen molar-refractivity contribution in [1.29, 1.82) is 0 Å². The number of amides is 1. The maximum Gasteiger partial charge on any atom is 0.249 e. The Morgan fingerprint density at radius 2 is 1.45 bits per heavy atom. The highest BCUT2D eigenvalue weighted by Crippen LogP contribution is 2.31. The highest BCUT2D eigenvalue weighted by Gasteiger charge is 2.37. The van der Waals surface area contributed by atoms with Gasteiger partial charge in [-0.25, -0.2) is 0 Å². The number of carbonyl (C=O) groups is 1. The van der Waals surface area contributed by atoms with Crippen LogP contribution in [0.25, 0.3) is 0 Å². The number of halogens is 2. The summed E-state index contributed by atoms with van der Waals surface area (Å²) in [5, 5.41) is 21.6. The van der Waals surface area contributed by atoms with Gasteiger partial charge < -0.3 is 10.1 Å². The molecule has 0 bridgehead atoms. The number of nitrogens with zero attached hydrogens (tertiary/aromatic N) is 3. The van der Waals surface area contributed by atoms with Gasteiger partial charge in [0.1, 0.15) is 0 Å². The van der Waals surface area contributed by atoms with Gasteiger partial charge in [-0.3, -0.25) is 19.8 Å². The van der Waals surface area contributed by atoms with Crippen molar-refractivity contribution in [2.45, 2.75) is 25.0 Å². The van der Waals surface area contributed by atoms with Crippen molar-refractivity contribution in [3.05, 3.63) is 79.8 Å². The summed E-state index contributed by atoms with van der Waals surface area (Å²) >= 11 is 12.1. The van der Waals surface area contributed by atoms with Gasteiger partial charge in [0.05, 0.1) is 6.04 Å². The van der Waals surface area contributed by atoms with Gasteiger partial charge in [-0.05, 0) is 35.4 Å². The molecule has 1 fully saturated rings. The first-order valence-electron chi connectivity index (χ1n) is 9.88. The topological polar surface area (TPSA) is 99.0 Å². The fourth-order valence-corrected chi connectivity index (χ4v) is 4.04. The van der Waals surface area contributed by atoms with Gasteiger partial charge in [-0.1, -0.05) is 47.5 Å². The van der Waals surface area contributed by atoms with Gasteiger partial charge in [0.2, 0.25) is 11.9 Å². The molecule has 166 valence electrons. The molecule has 0 saturated carbocycles. The molecule has 8 nitrogen and oxygen atoms in total. The average molecular weight is 467 g/mol. The maximum absolute atomic E-state index is 12.7. The van der Waals surface area contributed by atoms with E-state index in [1.54, 1.807) is 10.4 Å². The molecule has 2 N–H and O–H groups in total. The third-order valence-corrected chi connectivity index (χ3v) is 6.09. The number of carbonyl (C=O) groups excluding carboxylic acids is 1. The first-order valence-corrected chi connectivity index (χ1v) is 10.6. The zero-order valence-corrected chi connectivity index (χ0v) is 18.5. The molecule has 3 rings (SSSR count). The Kier molecular flexibility index (Phi) is 7.85. The lowest BCUT2D eigenvalue weighted by Gasteiger charge is -2.40. The number of nitrogens with one attached hydrogen (secondary N) is 1. The summed E-state index contributed by atoms with van der Waals surface area (Å²) < 4.78 is 0. The van der Waals surface area contributed by atoms with E-state index in [2.05, 4.69) is 4.90 Å². The number of nitro groups is 1. The SMILES string of the molecule is CC(C(NO)C(=O)N1CCN(C(c2ccc(Cl)cc2)c2ccc(Cl)cc2)CC1)[N+](=O)[O-]. The van der Waals surface area contributed by atoms with E-state index in [9.17, 15) is 20.1 Å². The predicted molar refractivity (Wildman–Crippen MR) is 118 cm³/mol. The molecule has 0 spiro atoms. The number of benzene rings is 2. The van der Waals surface area contributed by atoms with Crippen molar-refractivity contribution in [2.75, 3.05) is 26.2 Å². The van der Waals surface area contributed by atoms with Crippen molar-refractivity contribution in [3.8, 4) is 0 Å². The van der Waals surface area contributed by atoms with Crippen molar-refractivity contribution >= 4 is 29.1 Å². The maximum atomic E-state index is 12.7. The van der Waals surface area contributed by atoms with E-state index in [4.69, 9.17) is 23.2 Å². The van der Waals surface area contributed by atoms with Crippen LogP contribution in [-0.4, -0.2) is 64.1 Å². The normalized spacial score (nSPS) is 16.9. The Hall–Kier alpha value is -2.23. The van der Waals surface area contributed by atoms with Crippen LogP contribution < -0.4 is 5.48 Å². The minimum Gasteiger partial charge on any atom is -0.338 e. The number of hydrogen-bond acceptors (Lipinski definition) is 6. The van der Waals surface area contributed by atoms with Crippen molar-refractivity contribution in [1.82, 2.24) is 15.3 Å². The van der Waals surface area contributed by atoms with Gasteiger partial charge >= 0.3 is 0 Å². The third kappa shape index (κ3) is 5.53. The summed E-state index contributed by atoms with van der Waals surface area (Å²) in [5.41, 5.74) is 3.92. The van der Waals surface area contributed by atoms with Gasteiger partial charge in [-0.15, -0.1) is 0 Å². The van der Waals surface area contributed by atoms with Gasteiger partial charge in [0.15, 0.2) is 6.04 Å². The summed E-state index contributed by atoms with van der Waals surface area (Å²) in [6.07, 6.45) is 0. The van der Waals surface area contributed by atoms with Crippen molar-refractivity contribution in [3.63, 3.8) is 0 Å². The van der Waals surface area contributed by atoms with Crippen LogP contribution >= 0.6 is 23.2 Å². The van der Waals surface area contributed by atoms with E-state index >= 15 is 0 Å². The molecular formula is C21H24Cl2N4O4. The van der Waals surface area contributed by atoms with Crippen LogP contribution in [0, 0.1) is 10.1 Å². The molecule has 10 heteroatoms. The summed E-state index contributed by atoms with van der Waals surface area (Å²) in [7, 11) is 0. The second-order valence-electron chi connectivity index (χ2n) is 7.50. The van der Waals surface area contributed by atoms with Gasteiger partial charge in [0, 0.05) is 48.1 Å². The van der Waals surface area contributed by atoms with Crippen LogP contribution in [-0.2, 0) is 4.79 Å². The molecule has 1 saturated heterocycles. The van der Waals surface area contributed by atoms with E-state index in [0.717, 1.165) is 11.1 Å². The Bertz CT molecular complexity index is 857. The van der Waals surface area contributed by atoms with Crippen LogP contribution in [0.2, 0.25) is 10.0 Å². The lowest BCUT2D eigenvalue weighted by molar-refractivity contribution is -0.521. The van der Waals surface area contributed by atoms with E-state index in [-0.39, 0.29) is 6.04 Å². The molecule has 0 radical (unpaired) electrons. The lowest BCUT2D eigenvalue weighted by atomic mass is 9.96. The molecule has 1 heterocycles. The van der Waals surface area contributed by atoms with Crippen LogP contribution in [0.15, 0.2) is 48.5 Å². The second-order valence-corrected chi connectivity index (χ2v) is 8.37. The van der Waals surface area contributed by atoms with Gasteiger partial charge in [-0.2, -0.15) is 5.48 Å². The first kappa shape index (κ1) is 23.4. The summed E-state index contributed by atoms with van der Waals surface area (Å²) in [4.78, 5) is 27.0. The van der Waals surface area contributed by atoms with Gasteiger partial charge in [0.25, 0.3) is 0 Å². The summed E-state index contributed by atoms with van der Waals surface area (Å²) in [6.45, 7) is 3.19. The van der Waals surface area contributed by atoms with E-state index in [1.165, 1.54) is 6.92 Å². The minimum absolute atomic E-state index is 0.0590. The third-order valence-electron chi connectivity index (χ3n) is 5.58. The smallest absolute Gasteiger partial charge is 0.249 e. The largest absolute Gasteiger partial charge is 0.338 e. The minimum atomic E-state index is -1.29. The van der Waals surface area contributed by atoms with E-state index in [0.29, 0.717) is 36.2 Å². The average Bonchev–Trinajstić information content (AvgIpc) is 2.77. The molecule has 1 amide bonds. The molecule has 0 aromatic heterocycles. The molecule has 1 aliphatic rings. The Balaban J connectivity index is 1.77. The molecule has 2 atom stereocenters. The monoisotopic (exact) mass is 466 g/mol. The number of hydrogen-bond donors (Lipinski definition) is 2. The first-order chi connectivity index (χ1) is 14.8. The van der Waals surface area contributed by atoms with Crippen LogP contribution in [0.4, 0.5) is 0 Å². The molecular weight excluding hydrogens is 443 g/mol. The van der Waals surface area contributed by atoms with E-state index < -0.39 is 22.9 Å². The highest BCUT2D eigenvalue weighted by atomic mass is 35.5. The molecule has 1 aliphatic heterocycles. The number of hydroxylamine groups is 1. The number of piperazine rings is 1. The molecule has 2 unspecified atom stereocenters. The van der Waals surface area contributed by atoms with Crippen LogP contribution in [0.5, 0.6) is 0 Å². The molecule has 0 aliphatic carbocycles. The zero-order valence-electron chi connectivity index (χ0n) is 16.9. The summed E-state index contributed by atoms with van der Waals surface area (Å²) in [5.74, 6) is -0.485. The van der Waals surface area contributed by atoms with Crippen LogP contribution in [0.3, 0.4) is 0 Å². The standard InChI is InChI=1S/C21H24Cl2N4O4/c1-14(27(30)31)19(24-29)21(28)26-12-10-25(11-13-26)20(15-2-6-17(22)7-3-15)16-4-8-18(23)9-5-16/h2-9,14,19-20,24,29H,10-13H2,1H3. The summed E-state index contributed by atoms with van der Waals surface area (Å²) in [6, 6.07) is 12.7. The second kappa shape index (κ2) is 10.4. The quantitative estimate of drug-likeness (QED) is 0.479. The molecule has 2 aromatic rings. The highest BCUT2D eigenvalue weighted by molar-refractivity contribution is 6.30. The molecule has 2 aromatic carbocycles. The zero-order chi connectivity index (χ0) is 22.5. The fraction of sp³-hybridized carbons (Fsp3) is 0.381. The number of rotatable bonds is 7. The Labute approximate surface area is 190 Å².